The maximum Gasteiger partial charge on any atom is 0.255 e. The lowest BCUT2D eigenvalue weighted by Gasteiger charge is -2.13. The molecule has 2 unspecified atom stereocenters. The lowest BCUT2D eigenvalue weighted by Crippen LogP contribution is -2.40. The Morgan fingerprint density at radius 3 is 2.56 bits per heavy atom. The van der Waals surface area contributed by atoms with Crippen LogP contribution in [0.3, 0.4) is 0 Å². The number of aryl methyl sites for hydroxylation is 2. The highest BCUT2D eigenvalue weighted by Crippen LogP contribution is 2.19. The first kappa shape index (κ1) is 13.4. The minimum atomic E-state index is -3.15. The lowest BCUT2D eigenvalue weighted by molar-refractivity contribution is 0.0940. The number of nitrogens with one attached hydrogen (secondary N) is 1. The molecule has 0 aliphatic carbocycles. The van der Waals surface area contributed by atoms with Crippen molar-refractivity contribution in [2.75, 3.05) is 11.5 Å². The van der Waals surface area contributed by atoms with Crippen LogP contribution in [-0.2, 0) is 9.84 Å². The summed E-state index contributed by atoms with van der Waals surface area (Å²) in [7, 11) is -3.15. The van der Waals surface area contributed by atoms with Gasteiger partial charge in [-0.05, 0) is 19.9 Å². The summed E-state index contributed by atoms with van der Waals surface area (Å²) < 4.78 is 28.0. The molecule has 2 heterocycles. The molecule has 1 aromatic rings. The van der Waals surface area contributed by atoms with Gasteiger partial charge in [0.2, 0.25) is 0 Å². The molecule has 1 aliphatic rings. The number of carbonyl (C=O) groups is 1. The fourth-order valence-electron chi connectivity index (χ4n) is 2.04. The Labute approximate surface area is 110 Å². The Morgan fingerprint density at radius 1 is 1.44 bits per heavy atom. The monoisotopic (exact) mass is 291 g/mol. The van der Waals surface area contributed by atoms with Crippen molar-refractivity contribution in [3.63, 3.8) is 0 Å². The molecule has 2 rings (SSSR count). The predicted molar refractivity (Wildman–Crippen MR) is 67.7 cm³/mol. The minimum absolute atomic E-state index is 0.0943. The maximum absolute atomic E-state index is 12.0. The second-order valence-electron chi connectivity index (χ2n) is 4.50. The highest BCUT2D eigenvalue weighted by molar-refractivity contribution is 7.91. The van der Waals surface area contributed by atoms with Gasteiger partial charge in [0, 0.05) is 0 Å². The van der Waals surface area contributed by atoms with Gasteiger partial charge < -0.3 is 9.73 Å². The topological polar surface area (TPSA) is 76.4 Å². The summed E-state index contributed by atoms with van der Waals surface area (Å²) in [4.78, 5) is 12.0. The number of sulfone groups is 1. The number of rotatable bonds is 2. The molecule has 1 fully saturated rings. The fraction of sp³-hybridized carbons (Fsp3) is 0.545. The molecular formula is C11H14ClNO4S. The number of hydrogen-bond donors (Lipinski definition) is 1. The number of hydrogen-bond acceptors (Lipinski definition) is 4. The molecule has 2 atom stereocenters. The van der Waals surface area contributed by atoms with Crippen LogP contribution in [0.25, 0.3) is 0 Å². The Morgan fingerprint density at radius 2 is 2.11 bits per heavy atom. The third-order valence-electron chi connectivity index (χ3n) is 2.89. The van der Waals surface area contributed by atoms with Gasteiger partial charge in [-0.3, -0.25) is 4.79 Å². The van der Waals surface area contributed by atoms with Crippen LogP contribution in [0.4, 0.5) is 0 Å². The summed E-state index contributed by atoms with van der Waals surface area (Å²) in [5, 5.41) is 2.07. The first-order valence-electron chi connectivity index (χ1n) is 5.51. The molecule has 18 heavy (non-hydrogen) atoms. The third kappa shape index (κ3) is 2.70. The molecule has 7 heteroatoms. The minimum Gasteiger partial charge on any atom is -0.466 e. The number of alkyl halides is 1. The molecular weight excluding hydrogens is 278 g/mol. The maximum atomic E-state index is 12.0. The highest BCUT2D eigenvalue weighted by atomic mass is 35.5. The van der Waals surface area contributed by atoms with Crippen molar-refractivity contribution in [1.82, 2.24) is 5.32 Å². The van der Waals surface area contributed by atoms with E-state index in [0.717, 1.165) is 0 Å². The number of amides is 1. The van der Waals surface area contributed by atoms with Gasteiger partial charge in [0.05, 0.1) is 28.5 Å². The van der Waals surface area contributed by atoms with Crippen molar-refractivity contribution in [1.29, 1.82) is 0 Å². The SMILES string of the molecule is Cc1cc(C(=O)NC2CS(=O)(=O)CC2Cl)c(C)o1. The smallest absolute Gasteiger partial charge is 0.255 e. The molecule has 100 valence electrons. The zero-order valence-electron chi connectivity index (χ0n) is 10.1. The van der Waals surface area contributed by atoms with E-state index in [1.165, 1.54) is 0 Å². The van der Waals surface area contributed by atoms with Gasteiger partial charge in [-0.2, -0.15) is 0 Å². The van der Waals surface area contributed by atoms with Crippen molar-refractivity contribution in [2.45, 2.75) is 25.3 Å². The van der Waals surface area contributed by atoms with Crippen molar-refractivity contribution in [3.05, 3.63) is 23.2 Å². The molecule has 1 saturated heterocycles. The van der Waals surface area contributed by atoms with Crippen LogP contribution < -0.4 is 5.32 Å². The predicted octanol–water partition coefficient (Wildman–Crippen LogP) is 1.03. The third-order valence-corrected chi connectivity index (χ3v) is 5.26. The van der Waals surface area contributed by atoms with Crippen LogP contribution in [0, 0.1) is 13.8 Å². The first-order valence-corrected chi connectivity index (χ1v) is 7.76. The Bertz CT molecular complexity index is 578. The normalized spacial score (nSPS) is 26.2. The van der Waals surface area contributed by atoms with Gasteiger partial charge >= 0.3 is 0 Å². The largest absolute Gasteiger partial charge is 0.466 e. The molecule has 1 aromatic heterocycles. The van der Waals surface area contributed by atoms with Crippen molar-refractivity contribution < 1.29 is 17.6 Å². The zero-order chi connectivity index (χ0) is 13.5. The van der Waals surface area contributed by atoms with Gasteiger partial charge in [-0.25, -0.2) is 8.42 Å². The summed E-state index contributed by atoms with van der Waals surface area (Å²) in [5.41, 5.74) is 0.417. The fourth-order valence-corrected chi connectivity index (χ4v) is 4.59. The molecule has 0 bridgehead atoms. The first-order chi connectivity index (χ1) is 8.28. The van der Waals surface area contributed by atoms with E-state index < -0.39 is 21.3 Å². The molecule has 0 radical (unpaired) electrons. The van der Waals surface area contributed by atoms with E-state index in [1.807, 2.05) is 0 Å². The van der Waals surface area contributed by atoms with Crippen LogP contribution in [0.2, 0.25) is 0 Å². The molecule has 0 saturated carbocycles. The second kappa shape index (κ2) is 4.59. The molecule has 1 amide bonds. The van der Waals surface area contributed by atoms with E-state index in [-0.39, 0.29) is 17.4 Å². The van der Waals surface area contributed by atoms with E-state index in [1.54, 1.807) is 19.9 Å². The lowest BCUT2D eigenvalue weighted by atomic mass is 10.2. The average molecular weight is 292 g/mol. The Hall–Kier alpha value is -1.01. The van der Waals surface area contributed by atoms with E-state index in [4.69, 9.17) is 16.0 Å². The van der Waals surface area contributed by atoms with E-state index in [9.17, 15) is 13.2 Å². The van der Waals surface area contributed by atoms with Crippen molar-refractivity contribution >= 4 is 27.3 Å². The van der Waals surface area contributed by atoms with Gasteiger partial charge in [0.1, 0.15) is 11.5 Å². The van der Waals surface area contributed by atoms with Crippen LogP contribution in [0.15, 0.2) is 10.5 Å². The summed E-state index contributed by atoms with van der Waals surface area (Å²) in [6.07, 6.45) is 0. The van der Waals surface area contributed by atoms with Gasteiger partial charge in [0.25, 0.3) is 5.91 Å². The summed E-state index contributed by atoms with van der Waals surface area (Å²) >= 11 is 5.92. The van der Waals surface area contributed by atoms with Crippen LogP contribution in [-0.4, -0.2) is 37.2 Å². The average Bonchev–Trinajstić information content (AvgIpc) is 2.66. The van der Waals surface area contributed by atoms with Gasteiger partial charge in [-0.15, -0.1) is 11.6 Å². The summed E-state index contributed by atoms with van der Waals surface area (Å²) in [6, 6.07) is 1.08. The number of furan rings is 1. The zero-order valence-corrected chi connectivity index (χ0v) is 11.6. The second-order valence-corrected chi connectivity index (χ2v) is 7.21. The van der Waals surface area contributed by atoms with Gasteiger partial charge in [0.15, 0.2) is 9.84 Å². The molecule has 0 aromatic carbocycles. The van der Waals surface area contributed by atoms with Crippen LogP contribution in [0.1, 0.15) is 21.9 Å². The van der Waals surface area contributed by atoms with Gasteiger partial charge in [-0.1, -0.05) is 0 Å². The van der Waals surface area contributed by atoms with E-state index >= 15 is 0 Å². The van der Waals surface area contributed by atoms with E-state index in [0.29, 0.717) is 17.1 Å². The highest BCUT2D eigenvalue weighted by Gasteiger charge is 2.37. The summed E-state index contributed by atoms with van der Waals surface area (Å²) in [5.74, 6) is 0.597. The quantitative estimate of drug-likeness (QED) is 0.826. The molecule has 0 spiro atoms. The van der Waals surface area contributed by atoms with Crippen LogP contribution in [0.5, 0.6) is 0 Å². The molecule has 1 N–H and O–H groups in total. The van der Waals surface area contributed by atoms with Crippen molar-refractivity contribution in [3.8, 4) is 0 Å². The van der Waals surface area contributed by atoms with Crippen molar-refractivity contribution in [2.24, 2.45) is 0 Å². The Balaban J connectivity index is 2.11. The van der Waals surface area contributed by atoms with Crippen LogP contribution >= 0.6 is 11.6 Å². The Kier molecular flexibility index (Phi) is 3.42. The molecule has 5 nitrogen and oxygen atoms in total. The summed E-state index contributed by atoms with van der Waals surface area (Å²) in [6.45, 7) is 3.43. The number of halogens is 1. The molecule has 1 aliphatic heterocycles. The van der Waals surface area contributed by atoms with E-state index in [2.05, 4.69) is 5.32 Å². The number of carbonyl (C=O) groups excluding carboxylic acids is 1. The standard InChI is InChI=1S/C11H14ClNO4S/c1-6-3-8(7(2)17-6)11(14)13-10-5-18(15,16)4-9(10)12/h3,9-10H,4-5H2,1-2H3,(H,13,14).